The second-order valence-corrected chi connectivity index (χ2v) is 11.5. The first-order chi connectivity index (χ1) is 16.1. The van der Waals surface area contributed by atoms with Gasteiger partial charge in [-0.15, -0.1) is 11.3 Å². The van der Waals surface area contributed by atoms with Crippen LogP contribution in [0.25, 0.3) is 21.3 Å². The van der Waals surface area contributed by atoms with Gasteiger partial charge in [-0.25, -0.2) is 13.4 Å². The molecule has 34 heavy (non-hydrogen) atoms. The molecule has 9 nitrogen and oxygen atoms in total. The van der Waals surface area contributed by atoms with Gasteiger partial charge in [-0.1, -0.05) is 18.2 Å². The molecule has 1 fully saturated rings. The van der Waals surface area contributed by atoms with Crippen LogP contribution in [0.2, 0.25) is 0 Å². The SMILES string of the molecule is CC(=O)Nc1ccc(-c2ccc3nc(C(C(=O)NCC(=O)NC4CC4)S(C)(=O)=O)sc3c2)cc1. The molecule has 11 heteroatoms. The third-order valence-electron chi connectivity index (χ3n) is 5.20. The standard InChI is InChI=1S/C23H24N4O5S2/c1-13(28)25-16-6-3-14(4-7-16)15-5-10-18-19(11-15)33-23(27-18)21(34(2,31)32)22(30)24-12-20(29)26-17-8-9-17/h3-7,10-11,17,21H,8-9,12H2,1-2H3,(H,24,30)(H,25,28)(H,26,29). The van der Waals surface area contributed by atoms with Crippen molar-refractivity contribution in [2.45, 2.75) is 31.1 Å². The zero-order valence-electron chi connectivity index (χ0n) is 18.6. The normalized spacial score (nSPS) is 14.4. The molecule has 3 aromatic rings. The van der Waals surface area contributed by atoms with Crippen molar-refractivity contribution >= 4 is 54.8 Å². The van der Waals surface area contributed by atoms with E-state index in [1.54, 1.807) is 18.2 Å². The Balaban J connectivity index is 1.56. The van der Waals surface area contributed by atoms with Gasteiger partial charge in [-0.2, -0.15) is 0 Å². The van der Waals surface area contributed by atoms with E-state index in [9.17, 15) is 22.8 Å². The number of anilines is 1. The van der Waals surface area contributed by atoms with E-state index in [0.29, 0.717) is 11.2 Å². The lowest BCUT2D eigenvalue weighted by Crippen LogP contribution is -2.41. The van der Waals surface area contributed by atoms with E-state index in [0.717, 1.165) is 46.3 Å². The topological polar surface area (TPSA) is 134 Å². The van der Waals surface area contributed by atoms with Crippen molar-refractivity contribution in [3.63, 3.8) is 0 Å². The second-order valence-electron chi connectivity index (χ2n) is 8.26. The number of hydrogen-bond donors (Lipinski definition) is 3. The number of fused-ring (bicyclic) bond motifs is 1. The summed E-state index contributed by atoms with van der Waals surface area (Å²) < 4.78 is 25.6. The molecule has 2 aromatic carbocycles. The number of nitrogens with one attached hydrogen (secondary N) is 3. The molecule has 3 N–H and O–H groups in total. The molecule has 3 amide bonds. The maximum absolute atomic E-state index is 12.7. The van der Waals surface area contributed by atoms with Crippen LogP contribution in [0.4, 0.5) is 5.69 Å². The van der Waals surface area contributed by atoms with Gasteiger partial charge in [0.2, 0.25) is 17.7 Å². The second kappa shape index (κ2) is 9.51. The van der Waals surface area contributed by atoms with Crippen LogP contribution < -0.4 is 16.0 Å². The molecule has 0 aliphatic heterocycles. The van der Waals surface area contributed by atoms with Crippen molar-refractivity contribution in [2.24, 2.45) is 0 Å². The summed E-state index contributed by atoms with van der Waals surface area (Å²) in [5.74, 6) is -1.28. The van der Waals surface area contributed by atoms with Crippen molar-refractivity contribution in [2.75, 3.05) is 18.1 Å². The highest BCUT2D eigenvalue weighted by atomic mass is 32.2. The van der Waals surface area contributed by atoms with E-state index in [1.165, 1.54) is 6.92 Å². The van der Waals surface area contributed by atoms with Gasteiger partial charge in [0.05, 0.1) is 16.8 Å². The zero-order chi connectivity index (χ0) is 24.5. The maximum Gasteiger partial charge on any atom is 0.245 e. The highest BCUT2D eigenvalue weighted by Crippen LogP contribution is 2.33. The lowest BCUT2D eigenvalue weighted by atomic mass is 10.1. The molecule has 4 rings (SSSR count). The molecule has 1 aromatic heterocycles. The van der Waals surface area contributed by atoms with Gasteiger partial charge in [-0.05, 0) is 48.2 Å². The lowest BCUT2D eigenvalue weighted by molar-refractivity contribution is -0.126. The van der Waals surface area contributed by atoms with Crippen LogP contribution in [-0.2, 0) is 24.2 Å². The molecule has 1 aliphatic carbocycles. The number of carbonyl (C=O) groups excluding carboxylic acids is 3. The maximum atomic E-state index is 12.7. The predicted molar refractivity (Wildman–Crippen MR) is 131 cm³/mol. The molecule has 178 valence electrons. The van der Waals surface area contributed by atoms with Gasteiger partial charge in [0.25, 0.3) is 0 Å². The largest absolute Gasteiger partial charge is 0.352 e. The molecule has 0 radical (unpaired) electrons. The first kappa shape index (κ1) is 23.8. The van der Waals surface area contributed by atoms with Crippen LogP contribution in [0.1, 0.15) is 30.0 Å². The summed E-state index contributed by atoms with van der Waals surface area (Å²) in [5, 5.41) is 6.54. The Labute approximate surface area is 200 Å². The van der Waals surface area contributed by atoms with Crippen molar-refractivity contribution in [1.29, 1.82) is 0 Å². The minimum atomic E-state index is -3.83. The Hall–Kier alpha value is -3.31. The fraction of sp³-hybridized carbons (Fsp3) is 0.304. The summed E-state index contributed by atoms with van der Waals surface area (Å²) in [4.78, 5) is 40.2. The molecule has 1 atom stereocenters. The number of sulfone groups is 1. The zero-order valence-corrected chi connectivity index (χ0v) is 20.3. The van der Waals surface area contributed by atoms with Gasteiger partial charge in [0.15, 0.2) is 15.1 Å². The van der Waals surface area contributed by atoms with Crippen LogP contribution in [0.3, 0.4) is 0 Å². The summed E-state index contributed by atoms with van der Waals surface area (Å²) in [5.41, 5.74) is 3.05. The fourth-order valence-corrected chi connectivity index (χ4v) is 5.99. The van der Waals surface area contributed by atoms with Crippen LogP contribution in [-0.4, -0.2) is 50.0 Å². The van der Waals surface area contributed by atoms with E-state index in [4.69, 9.17) is 0 Å². The summed E-state index contributed by atoms with van der Waals surface area (Å²) in [6, 6.07) is 13.0. The van der Waals surface area contributed by atoms with Crippen molar-refractivity contribution in [3.8, 4) is 11.1 Å². The summed E-state index contributed by atoms with van der Waals surface area (Å²) in [6.45, 7) is 1.15. The van der Waals surface area contributed by atoms with E-state index >= 15 is 0 Å². The number of amides is 3. The Bertz CT molecular complexity index is 1360. The summed E-state index contributed by atoms with van der Waals surface area (Å²) in [7, 11) is -3.83. The number of hydrogen-bond acceptors (Lipinski definition) is 7. The molecule has 1 aliphatic rings. The van der Waals surface area contributed by atoms with Crippen LogP contribution in [0.15, 0.2) is 42.5 Å². The van der Waals surface area contributed by atoms with Gasteiger partial charge in [0.1, 0.15) is 5.01 Å². The molecule has 0 saturated heterocycles. The van der Waals surface area contributed by atoms with Gasteiger partial charge >= 0.3 is 0 Å². The number of benzene rings is 2. The third kappa shape index (κ3) is 5.78. The number of carbonyl (C=O) groups is 3. The quantitative estimate of drug-likeness (QED) is 0.435. The van der Waals surface area contributed by atoms with E-state index in [2.05, 4.69) is 20.9 Å². The minimum Gasteiger partial charge on any atom is -0.352 e. The number of thiazole rings is 1. The molecule has 1 saturated carbocycles. The summed E-state index contributed by atoms with van der Waals surface area (Å²) in [6.07, 6.45) is 2.81. The average Bonchev–Trinajstić information content (AvgIpc) is 3.47. The first-order valence-corrected chi connectivity index (χ1v) is 13.4. The Morgan fingerprint density at radius 2 is 1.76 bits per heavy atom. The van der Waals surface area contributed by atoms with Crippen LogP contribution >= 0.6 is 11.3 Å². The Kier molecular flexibility index (Phi) is 6.67. The van der Waals surface area contributed by atoms with Crippen molar-refractivity contribution < 1.29 is 22.8 Å². The van der Waals surface area contributed by atoms with Gasteiger partial charge in [-0.3, -0.25) is 14.4 Å². The molecular weight excluding hydrogens is 476 g/mol. The monoisotopic (exact) mass is 500 g/mol. The lowest BCUT2D eigenvalue weighted by Gasteiger charge is -2.12. The van der Waals surface area contributed by atoms with E-state index in [-0.39, 0.29) is 29.4 Å². The molecule has 0 spiro atoms. The number of aromatic nitrogens is 1. The van der Waals surface area contributed by atoms with Crippen LogP contribution in [0.5, 0.6) is 0 Å². The van der Waals surface area contributed by atoms with Crippen LogP contribution in [0, 0.1) is 0 Å². The van der Waals surface area contributed by atoms with Crippen molar-refractivity contribution in [3.05, 3.63) is 47.5 Å². The highest BCUT2D eigenvalue weighted by Gasteiger charge is 2.34. The smallest absolute Gasteiger partial charge is 0.245 e. The predicted octanol–water partition coefficient (Wildman–Crippen LogP) is 2.40. The van der Waals surface area contributed by atoms with Gasteiger partial charge in [0, 0.05) is 24.9 Å². The first-order valence-electron chi connectivity index (χ1n) is 10.6. The van der Waals surface area contributed by atoms with E-state index < -0.39 is 21.0 Å². The number of rotatable bonds is 8. The molecule has 1 heterocycles. The average molecular weight is 501 g/mol. The molecule has 0 bridgehead atoms. The minimum absolute atomic E-state index is 0.148. The fourth-order valence-electron chi connectivity index (χ4n) is 3.44. The third-order valence-corrected chi connectivity index (χ3v) is 7.73. The molecular formula is C23H24N4O5S2. The molecule has 1 unspecified atom stereocenters. The Morgan fingerprint density at radius 3 is 2.38 bits per heavy atom. The number of nitrogens with zero attached hydrogens (tertiary/aromatic N) is 1. The van der Waals surface area contributed by atoms with Gasteiger partial charge < -0.3 is 16.0 Å². The van der Waals surface area contributed by atoms with Crippen molar-refractivity contribution in [1.82, 2.24) is 15.6 Å². The van der Waals surface area contributed by atoms with E-state index in [1.807, 2.05) is 24.3 Å². The Morgan fingerprint density at radius 1 is 1.09 bits per heavy atom. The highest BCUT2D eigenvalue weighted by molar-refractivity contribution is 7.91. The summed E-state index contributed by atoms with van der Waals surface area (Å²) >= 11 is 1.13.